The molecule has 20 heavy (non-hydrogen) atoms. The Bertz CT molecular complexity index is 430. The molecular formula is C15H25NO3S. The van der Waals surface area contributed by atoms with Crippen LogP contribution in [-0.4, -0.2) is 46.6 Å². The standard InChI is InChI=1S/C15H25NO3S/c1-11-5-12(2)7-15(6-11)19-10-14(17)9-16-8-13(3)20(4)18/h5-7,13-14,16-17H,8-10H2,1-4H3. The third-order valence-electron chi connectivity index (χ3n) is 3.02. The minimum Gasteiger partial charge on any atom is -0.491 e. The number of aryl methyl sites for hydroxylation is 2. The van der Waals surface area contributed by atoms with E-state index in [1.54, 1.807) is 6.26 Å². The number of hydrogen-bond donors (Lipinski definition) is 2. The molecule has 3 unspecified atom stereocenters. The molecule has 5 heteroatoms. The Morgan fingerprint density at radius 2 is 1.85 bits per heavy atom. The fourth-order valence-corrected chi connectivity index (χ4v) is 2.19. The Labute approximate surface area is 124 Å². The number of rotatable bonds is 8. The average molecular weight is 299 g/mol. The minimum absolute atomic E-state index is 0.0857. The second-order valence-electron chi connectivity index (χ2n) is 5.26. The van der Waals surface area contributed by atoms with E-state index in [0.717, 1.165) is 16.9 Å². The topological polar surface area (TPSA) is 58.6 Å². The minimum atomic E-state index is -0.839. The molecule has 0 aliphatic carbocycles. The first-order chi connectivity index (χ1) is 9.38. The third-order valence-corrected chi connectivity index (χ3v) is 4.32. The van der Waals surface area contributed by atoms with Gasteiger partial charge >= 0.3 is 0 Å². The summed E-state index contributed by atoms with van der Waals surface area (Å²) in [6.07, 6.45) is 1.11. The number of nitrogens with one attached hydrogen (secondary N) is 1. The van der Waals surface area contributed by atoms with Gasteiger partial charge in [-0.2, -0.15) is 0 Å². The summed E-state index contributed by atoms with van der Waals surface area (Å²) in [5.74, 6) is 0.782. The molecule has 1 aromatic rings. The quantitative estimate of drug-likeness (QED) is 0.762. The van der Waals surface area contributed by atoms with Crippen LogP contribution in [0.2, 0.25) is 0 Å². The summed E-state index contributed by atoms with van der Waals surface area (Å²) in [6.45, 7) is 7.27. The van der Waals surface area contributed by atoms with Crippen molar-refractivity contribution in [2.24, 2.45) is 0 Å². The highest BCUT2D eigenvalue weighted by Gasteiger charge is 2.09. The van der Waals surface area contributed by atoms with Crippen LogP contribution in [0, 0.1) is 13.8 Å². The Morgan fingerprint density at radius 3 is 2.40 bits per heavy atom. The van der Waals surface area contributed by atoms with Crippen LogP contribution < -0.4 is 10.1 Å². The Balaban J connectivity index is 2.29. The lowest BCUT2D eigenvalue weighted by atomic mass is 10.1. The summed E-state index contributed by atoms with van der Waals surface area (Å²) < 4.78 is 16.8. The highest BCUT2D eigenvalue weighted by atomic mass is 32.2. The van der Waals surface area contributed by atoms with Gasteiger partial charge in [0, 0.05) is 35.4 Å². The predicted molar refractivity (Wildman–Crippen MR) is 83.8 cm³/mol. The van der Waals surface area contributed by atoms with Crippen molar-refractivity contribution in [1.82, 2.24) is 5.32 Å². The van der Waals surface area contributed by atoms with Gasteiger partial charge in [0.05, 0.1) is 0 Å². The maximum absolute atomic E-state index is 11.2. The Kier molecular flexibility index (Phi) is 7.19. The van der Waals surface area contributed by atoms with E-state index >= 15 is 0 Å². The molecule has 0 radical (unpaired) electrons. The van der Waals surface area contributed by atoms with Crippen LogP contribution in [0.4, 0.5) is 0 Å². The van der Waals surface area contributed by atoms with Crippen molar-refractivity contribution in [3.05, 3.63) is 29.3 Å². The lowest BCUT2D eigenvalue weighted by Gasteiger charge is -2.15. The van der Waals surface area contributed by atoms with Gasteiger partial charge in [0.25, 0.3) is 0 Å². The molecule has 0 bridgehead atoms. The van der Waals surface area contributed by atoms with Gasteiger partial charge in [-0.15, -0.1) is 0 Å². The van der Waals surface area contributed by atoms with Gasteiger partial charge < -0.3 is 15.2 Å². The summed E-state index contributed by atoms with van der Waals surface area (Å²) >= 11 is 0. The molecule has 114 valence electrons. The number of ether oxygens (including phenoxy) is 1. The Morgan fingerprint density at radius 1 is 1.25 bits per heavy atom. The first kappa shape index (κ1) is 17.1. The van der Waals surface area contributed by atoms with E-state index in [9.17, 15) is 9.32 Å². The first-order valence-electron chi connectivity index (χ1n) is 6.80. The van der Waals surface area contributed by atoms with Gasteiger partial charge in [0.1, 0.15) is 18.5 Å². The molecule has 0 saturated carbocycles. The van der Waals surface area contributed by atoms with Crippen LogP contribution >= 0.6 is 0 Å². The Hall–Kier alpha value is -0.910. The maximum atomic E-state index is 11.2. The predicted octanol–water partition coefficient (Wildman–Crippen LogP) is 1.40. The molecule has 0 heterocycles. The zero-order chi connectivity index (χ0) is 15.1. The fraction of sp³-hybridized carbons (Fsp3) is 0.600. The van der Waals surface area contributed by atoms with Gasteiger partial charge in [-0.05, 0) is 44.0 Å². The zero-order valence-electron chi connectivity index (χ0n) is 12.7. The summed E-state index contributed by atoms with van der Waals surface area (Å²) in [5, 5.41) is 13.0. The van der Waals surface area contributed by atoms with E-state index in [0.29, 0.717) is 13.1 Å². The molecule has 2 N–H and O–H groups in total. The van der Waals surface area contributed by atoms with E-state index in [2.05, 4.69) is 11.4 Å². The third kappa shape index (κ3) is 6.50. The number of hydrogen-bond acceptors (Lipinski definition) is 4. The van der Waals surface area contributed by atoms with Crippen molar-refractivity contribution < 1.29 is 14.1 Å². The number of aliphatic hydroxyl groups is 1. The van der Waals surface area contributed by atoms with Crippen LogP contribution in [0.15, 0.2) is 18.2 Å². The van der Waals surface area contributed by atoms with Gasteiger partial charge in [-0.25, -0.2) is 0 Å². The fourth-order valence-electron chi connectivity index (χ4n) is 1.84. The lowest BCUT2D eigenvalue weighted by molar-refractivity contribution is 0.106. The van der Waals surface area contributed by atoms with Crippen molar-refractivity contribution in [3.63, 3.8) is 0 Å². The monoisotopic (exact) mass is 299 g/mol. The number of benzene rings is 1. The van der Waals surface area contributed by atoms with E-state index in [1.807, 2.05) is 32.9 Å². The van der Waals surface area contributed by atoms with E-state index in [-0.39, 0.29) is 11.9 Å². The van der Waals surface area contributed by atoms with Crippen molar-refractivity contribution in [3.8, 4) is 5.75 Å². The molecule has 4 nitrogen and oxygen atoms in total. The molecule has 3 atom stereocenters. The maximum Gasteiger partial charge on any atom is 0.119 e. The summed E-state index contributed by atoms with van der Waals surface area (Å²) in [7, 11) is -0.839. The summed E-state index contributed by atoms with van der Waals surface area (Å²) in [5.41, 5.74) is 2.29. The highest BCUT2D eigenvalue weighted by molar-refractivity contribution is 7.84. The van der Waals surface area contributed by atoms with Gasteiger partial charge in [-0.1, -0.05) is 6.07 Å². The summed E-state index contributed by atoms with van der Waals surface area (Å²) in [4.78, 5) is 0. The van der Waals surface area contributed by atoms with Crippen LogP contribution in [0.25, 0.3) is 0 Å². The SMILES string of the molecule is Cc1cc(C)cc(OCC(O)CNCC(C)S(C)=O)c1. The average Bonchev–Trinajstić information content (AvgIpc) is 2.35. The molecule has 0 saturated heterocycles. The molecular weight excluding hydrogens is 274 g/mol. The molecule has 0 aliphatic rings. The van der Waals surface area contributed by atoms with Crippen LogP contribution in [0.5, 0.6) is 5.75 Å². The zero-order valence-corrected chi connectivity index (χ0v) is 13.5. The second-order valence-corrected chi connectivity index (χ2v) is 7.06. The first-order valence-corrected chi connectivity index (χ1v) is 8.42. The molecule has 1 rings (SSSR count). The van der Waals surface area contributed by atoms with Crippen molar-refractivity contribution in [2.75, 3.05) is 26.0 Å². The van der Waals surface area contributed by atoms with Crippen LogP contribution in [0.3, 0.4) is 0 Å². The number of aliphatic hydroxyl groups excluding tert-OH is 1. The smallest absolute Gasteiger partial charge is 0.119 e. The largest absolute Gasteiger partial charge is 0.491 e. The van der Waals surface area contributed by atoms with Crippen LogP contribution in [0.1, 0.15) is 18.1 Å². The molecule has 0 fully saturated rings. The molecule has 0 aromatic heterocycles. The van der Waals surface area contributed by atoms with Crippen molar-refractivity contribution in [1.29, 1.82) is 0 Å². The van der Waals surface area contributed by atoms with Gasteiger partial charge in [0.15, 0.2) is 0 Å². The molecule has 0 aliphatic heterocycles. The van der Waals surface area contributed by atoms with Crippen molar-refractivity contribution in [2.45, 2.75) is 32.1 Å². The normalized spacial score (nSPS) is 15.7. The van der Waals surface area contributed by atoms with E-state index in [4.69, 9.17) is 4.74 Å². The van der Waals surface area contributed by atoms with E-state index < -0.39 is 16.9 Å². The molecule has 0 amide bonds. The van der Waals surface area contributed by atoms with Gasteiger partial charge in [0.2, 0.25) is 0 Å². The van der Waals surface area contributed by atoms with Crippen molar-refractivity contribution >= 4 is 10.8 Å². The molecule has 1 aromatic carbocycles. The van der Waals surface area contributed by atoms with Gasteiger partial charge in [-0.3, -0.25) is 4.21 Å². The molecule has 0 spiro atoms. The second kappa shape index (κ2) is 8.39. The highest BCUT2D eigenvalue weighted by Crippen LogP contribution is 2.16. The van der Waals surface area contributed by atoms with Crippen LogP contribution in [-0.2, 0) is 10.8 Å². The van der Waals surface area contributed by atoms with E-state index in [1.165, 1.54) is 0 Å². The lowest BCUT2D eigenvalue weighted by Crippen LogP contribution is -2.36. The summed E-state index contributed by atoms with van der Waals surface area (Å²) in [6, 6.07) is 5.99.